The Labute approximate surface area is 78.5 Å². The van der Waals surface area contributed by atoms with E-state index in [0.717, 1.165) is 0 Å². The van der Waals surface area contributed by atoms with E-state index >= 15 is 0 Å². The second-order valence-corrected chi connectivity index (χ2v) is 8.41. The second kappa shape index (κ2) is 3.47. The lowest BCUT2D eigenvalue weighted by molar-refractivity contribution is -0.145. The average Bonchev–Trinajstić information content (AvgIpc) is 1.82. The van der Waals surface area contributed by atoms with E-state index in [1.165, 1.54) is 6.92 Å². The van der Waals surface area contributed by atoms with Crippen molar-refractivity contribution in [2.75, 3.05) is 0 Å². The number of hydrogen-bond donors (Lipinski definition) is 2. The smallest absolute Gasteiger partial charge is 0.258 e. The van der Waals surface area contributed by atoms with Gasteiger partial charge in [-0.3, -0.25) is 9.59 Å². The standard InChI is InChI=1S/C7H16N2O3Si/c1-7(5(8)10,6(9)11)12-13(2,3)4/h1-4H3,(H2,8,10)(H2,9,11). The zero-order chi connectivity index (χ0) is 10.9. The topological polar surface area (TPSA) is 95.4 Å². The van der Waals surface area contributed by atoms with Crippen LogP contribution in [0.25, 0.3) is 0 Å². The van der Waals surface area contributed by atoms with Gasteiger partial charge in [-0.2, -0.15) is 0 Å². The quantitative estimate of drug-likeness (QED) is 0.480. The Hall–Kier alpha value is -0.883. The number of primary amides is 2. The molecule has 0 heterocycles. The van der Waals surface area contributed by atoms with Gasteiger partial charge in [-0.15, -0.1) is 0 Å². The molecule has 13 heavy (non-hydrogen) atoms. The van der Waals surface area contributed by atoms with Crippen molar-refractivity contribution in [3.05, 3.63) is 0 Å². The molecule has 6 heteroatoms. The number of amides is 2. The Morgan fingerprint density at radius 2 is 1.46 bits per heavy atom. The molecule has 0 aromatic heterocycles. The highest BCUT2D eigenvalue weighted by atomic mass is 28.4. The highest BCUT2D eigenvalue weighted by Gasteiger charge is 2.42. The maximum absolute atomic E-state index is 11.0. The van der Waals surface area contributed by atoms with Gasteiger partial charge >= 0.3 is 0 Å². The molecule has 0 fully saturated rings. The molecule has 0 radical (unpaired) electrons. The minimum atomic E-state index is -2.02. The number of carbonyl (C=O) groups excluding carboxylic acids is 2. The molecule has 0 rings (SSSR count). The maximum Gasteiger partial charge on any atom is 0.258 e. The molecular formula is C7H16N2O3Si. The molecule has 0 aromatic carbocycles. The van der Waals surface area contributed by atoms with Crippen molar-refractivity contribution in [3.8, 4) is 0 Å². The fourth-order valence-corrected chi connectivity index (χ4v) is 2.26. The zero-order valence-corrected chi connectivity index (χ0v) is 9.38. The van der Waals surface area contributed by atoms with E-state index in [-0.39, 0.29) is 0 Å². The van der Waals surface area contributed by atoms with Gasteiger partial charge in [-0.05, 0) is 26.6 Å². The van der Waals surface area contributed by atoms with Gasteiger partial charge in [-0.1, -0.05) is 0 Å². The Bertz CT molecular complexity index is 220. The summed E-state index contributed by atoms with van der Waals surface area (Å²) in [5.74, 6) is -1.69. The monoisotopic (exact) mass is 204 g/mol. The SMILES string of the molecule is CC(O[Si](C)(C)C)(C(N)=O)C(N)=O. The van der Waals surface area contributed by atoms with Crippen LogP contribution in [0.3, 0.4) is 0 Å². The lowest BCUT2D eigenvalue weighted by Gasteiger charge is -2.30. The summed E-state index contributed by atoms with van der Waals surface area (Å²) < 4.78 is 5.34. The Balaban J connectivity index is 4.84. The van der Waals surface area contributed by atoms with E-state index in [1.54, 1.807) is 0 Å². The Morgan fingerprint density at radius 1 is 1.15 bits per heavy atom. The molecule has 0 saturated carbocycles. The lowest BCUT2D eigenvalue weighted by Crippen LogP contribution is -2.57. The molecule has 5 nitrogen and oxygen atoms in total. The minimum absolute atomic E-state index is 0.845. The first-order chi connectivity index (χ1) is 5.59. The summed E-state index contributed by atoms with van der Waals surface area (Å²) in [6.45, 7) is 6.83. The summed E-state index contributed by atoms with van der Waals surface area (Å²) in [4.78, 5) is 21.9. The van der Waals surface area contributed by atoms with E-state index < -0.39 is 25.7 Å². The van der Waals surface area contributed by atoms with Crippen LogP contribution in [0.15, 0.2) is 0 Å². The van der Waals surface area contributed by atoms with Gasteiger partial charge < -0.3 is 15.9 Å². The maximum atomic E-state index is 11.0. The molecule has 0 aromatic rings. The van der Waals surface area contributed by atoms with Crippen LogP contribution >= 0.6 is 0 Å². The number of carbonyl (C=O) groups is 2. The number of nitrogens with two attached hydrogens (primary N) is 2. The summed E-state index contributed by atoms with van der Waals surface area (Å²) in [5, 5.41) is 0. The van der Waals surface area contributed by atoms with E-state index in [9.17, 15) is 9.59 Å². The van der Waals surface area contributed by atoms with Gasteiger partial charge in [0.05, 0.1) is 0 Å². The molecule has 2 amide bonds. The first kappa shape index (κ1) is 12.1. The van der Waals surface area contributed by atoms with E-state index in [1.807, 2.05) is 19.6 Å². The molecule has 76 valence electrons. The largest absolute Gasteiger partial charge is 0.397 e. The normalized spacial score (nSPS) is 12.6. The molecule has 0 aliphatic heterocycles. The van der Waals surface area contributed by atoms with E-state index in [4.69, 9.17) is 15.9 Å². The van der Waals surface area contributed by atoms with Crippen molar-refractivity contribution in [1.29, 1.82) is 0 Å². The Kier molecular flexibility index (Phi) is 3.23. The van der Waals surface area contributed by atoms with Crippen LogP contribution in [-0.2, 0) is 14.0 Å². The van der Waals surface area contributed by atoms with Crippen LogP contribution in [0.5, 0.6) is 0 Å². The number of hydrogen-bond acceptors (Lipinski definition) is 3. The molecular weight excluding hydrogens is 188 g/mol. The first-order valence-corrected chi connectivity index (χ1v) is 7.30. The van der Waals surface area contributed by atoms with Crippen molar-refractivity contribution in [1.82, 2.24) is 0 Å². The minimum Gasteiger partial charge on any atom is -0.397 e. The summed E-state index contributed by atoms with van der Waals surface area (Å²) in [6, 6.07) is 0. The highest BCUT2D eigenvalue weighted by Crippen LogP contribution is 2.17. The number of rotatable bonds is 4. The van der Waals surface area contributed by atoms with Crippen LogP contribution in [0, 0.1) is 0 Å². The van der Waals surface area contributed by atoms with Gasteiger partial charge in [0.2, 0.25) is 5.60 Å². The molecule has 0 atom stereocenters. The molecule has 0 saturated heterocycles. The third-order valence-corrected chi connectivity index (χ3v) is 2.47. The van der Waals surface area contributed by atoms with Crippen LogP contribution in [0.2, 0.25) is 19.6 Å². The zero-order valence-electron chi connectivity index (χ0n) is 8.38. The predicted molar refractivity (Wildman–Crippen MR) is 51.2 cm³/mol. The van der Waals surface area contributed by atoms with Gasteiger partial charge in [0.1, 0.15) is 0 Å². The van der Waals surface area contributed by atoms with Gasteiger partial charge in [0.25, 0.3) is 11.8 Å². The van der Waals surface area contributed by atoms with Crippen molar-refractivity contribution < 1.29 is 14.0 Å². The van der Waals surface area contributed by atoms with Crippen molar-refractivity contribution in [2.45, 2.75) is 32.2 Å². The molecule has 0 bridgehead atoms. The molecule has 4 N–H and O–H groups in total. The summed E-state index contributed by atoms with van der Waals surface area (Å²) in [7, 11) is -2.02. The van der Waals surface area contributed by atoms with Gasteiger partial charge in [0, 0.05) is 0 Å². The fraction of sp³-hybridized carbons (Fsp3) is 0.714. The van der Waals surface area contributed by atoms with Crippen LogP contribution in [0.4, 0.5) is 0 Å². The molecule has 0 unspecified atom stereocenters. The molecule has 0 aliphatic carbocycles. The first-order valence-electron chi connectivity index (χ1n) is 3.89. The van der Waals surface area contributed by atoms with Crippen LogP contribution in [0.1, 0.15) is 6.92 Å². The van der Waals surface area contributed by atoms with Crippen molar-refractivity contribution >= 4 is 20.1 Å². The fourth-order valence-electron chi connectivity index (χ4n) is 0.834. The average molecular weight is 204 g/mol. The molecule has 0 aliphatic rings. The van der Waals surface area contributed by atoms with Crippen LogP contribution < -0.4 is 11.5 Å². The van der Waals surface area contributed by atoms with Crippen molar-refractivity contribution in [2.24, 2.45) is 11.5 Å². The van der Waals surface area contributed by atoms with E-state index in [2.05, 4.69) is 0 Å². The second-order valence-electron chi connectivity index (χ2n) is 3.98. The third kappa shape index (κ3) is 3.15. The van der Waals surface area contributed by atoms with Crippen molar-refractivity contribution in [3.63, 3.8) is 0 Å². The van der Waals surface area contributed by atoms with E-state index in [0.29, 0.717) is 0 Å². The van der Waals surface area contributed by atoms with Gasteiger partial charge in [0.15, 0.2) is 8.32 Å². The lowest BCUT2D eigenvalue weighted by atomic mass is 10.1. The van der Waals surface area contributed by atoms with Gasteiger partial charge in [-0.25, -0.2) is 0 Å². The predicted octanol–water partition coefficient (Wildman–Crippen LogP) is -0.433. The summed E-state index contributed by atoms with van der Waals surface area (Å²) in [6.07, 6.45) is 0. The summed E-state index contributed by atoms with van der Waals surface area (Å²) in [5.41, 5.74) is 8.40. The summed E-state index contributed by atoms with van der Waals surface area (Å²) >= 11 is 0. The van der Waals surface area contributed by atoms with Crippen LogP contribution in [-0.4, -0.2) is 25.7 Å². The molecule has 0 spiro atoms. The highest BCUT2D eigenvalue weighted by molar-refractivity contribution is 6.70. The third-order valence-electron chi connectivity index (χ3n) is 1.45. The Morgan fingerprint density at radius 3 is 1.54 bits per heavy atom.